The van der Waals surface area contributed by atoms with Gasteiger partial charge >= 0.3 is 0 Å². The Kier molecular flexibility index (Phi) is 4.47. The van der Waals surface area contributed by atoms with Gasteiger partial charge in [0.05, 0.1) is 0 Å². The normalized spacial score (nSPS) is 25.8. The van der Waals surface area contributed by atoms with Crippen molar-refractivity contribution in [3.8, 4) is 0 Å². The maximum absolute atomic E-state index is 12.6. The molecule has 3 heterocycles. The van der Waals surface area contributed by atoms with Crippen LogP contribution in [-0.2, 0) is 6.42 Å². The Bertz CT molecular complexity index is 435. The van der Waals surface area contributed by atoms with Gasteiger partial charge < -0.3 is 14.6 Å². The molecule has 0 spiro atoms. The molecule has 1 amide bonds. The third-order valence-electron chi connectivity index (χ3n) is 4.05. The molecule has 5 nitrogen and oxygen atoms in total. The van der Waals surface area contributed by atoms with Crippen LogP contribution in [0.4, 0.5) is 0 Å². The van der Waals surface area contributed by atoms with Gasteiger partial charge in [0, 0.05) is 25.0 Å². The number of nitrogens with one attached hydrogen (secondary N) is 1. The lowest BCUT2D eigenvalue weighted by molar-refractivity contribution is 0.0672. The molecule has 1 N–H and O–H groups in total. The van der Waals surface area contributed by atoms with Crippen LogP contribution in [0.1, 0.15) is 42.4 Å². The van der Waals surface area contributed by atoms with E-state index in [1.807, 2.05) is 11.8 Å². The van der Waals surface area contributed by atoms with Crippen molar-refractivity contribution < 1.29 is 9.21 Å². The van der Waals surface area contributed by atoms with E-state index in [0.29, 0.717) is 30.0 Å². The summed E-state index contributed by atoms with van der Waals surface area (Å²) in [6, 6.07) is 0.699. The summed E-state index contributed by atoms with van der Waals surface area (Å²) >= 11 is 0. The van der Waals surface area contributed by atoms with Crippen LogP contribution in [0.25, 0.3) is 0 Å². The number of hydrogen-bond acceptors (Lipinski definition) is 4. The van der Waals surface area contributed by atoms with Gasteiger partial charge in [0.25, 0.3) is 5.91 Å². The van der Waals surface area contributed by atoms with E-state index >= 15 is 0 Å². The molecule has 3 rings (SSSR count). The maximum atomic E-state index is 12.6. The van der Waals surface area contributed by atoms with E-state index in [0.717, 1.165) is 32.4 Å². The molecular weight excluding hydrogens is 266 g/mol. The molecule has 1 aromatic heterocycles. The average Bonchev–Trinajstić information content (AvgIpc) is 2.91. The lowest BCUT2D eigenvalue weighted by atomic mass is 10.1. The summed E-state index contributed by atoms with van der Waals surface area (Å²) in [5.41, 5.74) is 0.510. The Morgan fingerprint density at radius 3 is 3.05 bits per heavy atom. The summed E-state index contributed by atoms with van der Waals surface area (Å²) in [4.78, 5) is 18.8. The average molecular weight is 286 g/mol. The zero-order chi connectivity index (χ0) is 12.5. The molecule has 1 aromatic rings. The monoisotopic (exact) mass is 285 g/mol. The van der Waals surface area contributed by atoms with Crippen molar-refractivity contribution in [2.45, 2.75) is 44.7 Å². The minimum atomic E-state index is 0. The van der Waals surface area contributed by atoms with Crippen LogP contribution < -0.4 is 5.32 Å². The fourth-order valence-corrected chi connectivity index (χ4v) is 3.13. The zero-order valence-electron chi connectivity index (χ0n) is 11.1. The Labute approximate surface area is 119 Å². The predicted molar refractivity (Wildman–Crippen MR) is 73.6 cm³/mol. The fourth-order valence-electron chi connectivity index (χ4n) is 3.13. The van der Waals surface area contributed by atoms with Crippen LogP contribution in [0.15, 0.2) is 10.8 Å². The van der Waals surface area contributed by atoms with Crippen molar-refractivity contribution >= 4 is 18.3 Å². The number of amides is 1. The molecule has 2 atom stereocenters. The lowest BCUT2D eigenvalue weighted by Crippen LogP contribution is -2.42. The summed E-state index contributed by atoms with van der Waals surface area (Å²) in [5, 5.41) is 3.40. The number of carbonyl (C=O) groups excluding carboxylic acids is 1. The van der Waals surface area contributed by atoms with Gasteiger partial charge in [0.1, 0.15) is 5.76 Å². The quantitative estimate of drug-likeness (QED) is 0.897. The number of halogens is 1. The second-order valence-corrected chi connectivity index (χ2v) is 5.07. The largest absolute Gasteiger partial charge is 0.448 e. The molecule has 0 unspecified atom stereocenters. The van der Waals surface area contributed by atoms with E-state index in [4.69, 9.17) is 4.42 Å². The van der Waals surface area contributed by atoms with Crippen molar-refractivity contribution in [3.05, 3.63) is 17.8 Å². The number of aryl methyl sites for hydroxylation is 1. The first-order valence-corrected chi connectivity index (χ1v) is 6.77. The van der Waals surface area contributed by atoms with Crippen LogP contribution in [0, 0.1) is 0 Å². The van der Waals surface area contributed by atoms with Crippen molar-refractivity contribution in [2.24, 2.45) is 0 Å². The highest BCUT2D eigenvalue weighted by Gasteiger charge is 2.39. The van der Waals surface area contributed by atoms with Gasteiger partial charge in [-0.25, -0.2) is 4.98 Å². The molecule has 106 valence electrons. The molecule has 0 radical (unpaired) electrons. The number of carbonyl (C=O) groups is 1. The van der Waals surface area contributed by atoms with Gasteiger partial charge in [0.15, 0.2) is 12.1 Å². The van der Waals surface area contributed by atoms with E-state index in [1.165, 1.54) is 6.39 Å². The van der Waals surface area contributed by atoms with Crippen molar-refractivity contribution in [3.63, 3.8) is 0 Å². The maximum Gasteiger partial charge on any atom is 0.276 e. The summed E-state index contributed by atoms with van der Waals surface area (Å²) in [6.45, 7) is 3.89. The number of rotatable bonds is 2. The molecule has 19 heavy (non-hydrogen) atoms. The Balaban J connectivity index is 0.00000133. The molecule has 0 aromatic carbocycles. The van der Waals surface area contributed by atoms with Gasteiger partial charge in [0.2, 0.25) is 0 Å². The Morgan fingerprint density at radius 1 is 1.47 bits per heavy atom. The van der Waals surface area contributed by atoms with Gasteiger partial charge in [-0.15, -0.1) is 12.4 Å². The number of fused-ring (bicyclic) bond motifs is 2. The molecule has 6 heteroatoms. The number of aromatic nitrogens is 1. The second kappa shape index (κ2) is 5.92. The Hall–Kier alpha value is -1.07. The molecule has 2 saturated heterocycles. The van der Waals surface area contributed by atoms with E-state index in [-0.39, 0.29) is 18.3 Å². The van der Waals surface area contributed by atoms with Crippen LogP contribution in [0.2, 0.25) is 0 Å². The SMILES string of the molecule is CCc1ocnc1C(=O)N1[C@H]2CCNC[C@@H]1CC2.Cl. The van der Waals surface area contributed by atoms with E-state index in [2.05, 4.69) is 10.3 Å². The molecule has 2 bridgehead atoms. The van der Waals surface area contributed by atoms with Crippen LogP contribution >= 0.6 is 12.4 Å². The highest BCUT2D eigenvalue weighted by molar-refractivity contribution is 5.94. The van der Waals surface area contributed by atoms with Crippen LogP contribution in [0.5, 0.6) is 0 Å². The first kappa shape index (κ1) is 14.3. The molecule has 2 aliphatic heterocycles. The topological polar surface area (TPSA) is 58.4 Å². The Morgan fingerprint density at radius 2 is 2.26 bits per heavy atom. The lowest BCUT2D eigenvalue weighted by Gasteiger charge is -2.27. The van der Waals surface area contributed by atoms with Crippen molar-refractivity contribution in [2.75, 3.05) is 13.1 Å². The first-order chi connectivity index (χ1) is 8.81. The van der Waals surface area contributed by atoms with Gasteiger partial charge in [-0.05, 0) is 25.8 Å². The van der Waals surface area contributed by atoms with Crippen molar-refractivity contribution in [1.29, 1.82) is 0 Å². The van der Waals surface area contributed by atoms with Crippen LogP contribution in [0.3, 0.4) is 0 Å². The van der Waals surface area contributed by atoms with Crippen molar-refractivity contribution in [1.82, 2.24) is 15.2 Å². The third-order valence-corrected chi connectivity index (χ3v) is 4.05. The van der Waals surface area contributed by atoms with E-state index in [1.54, 1.807) is 0 Å². The minimum absolute atomic E-state index is 0. The summed E-state index contributed by atoms with van der Waals surface area (Å²) < 4.78 is 5.27. The van der Waals surface area contributed by atoms with Crippen LogP contribution in [-0.4, -0.2) is 41.0 Å². The standard InChI is InChI=1S/C13H19N3O2.ClH/c1-2-11-12(15-8-18-11)13(17)16-9-3-4-10(16)7-14-6-5-9;/h8-10,14H,2-7H2,1H3;1H/t9-,10+;/m1./s1. The van der Waals surface area contributed by atoms with Gasteiger partial charge in [-0.3, -0.25) is 4.79 Å². The van der Waals surface area contributed by atoms with E-state index < -0.39 is 0 Å². The molecule has 0 aliphatic carbocycles. The molecular formula is C13H20ClN3O2. The summed E-state index contributed by atoms with van der Waals surface area (Å²) in [7, 11) is 0. The van der Waals surface area contributed by atoms with Gasteiger partial charge in [-0.1, -0.05) is 6.92 Å². The molecule has 0 saturated carbocycles. The minimum Gasteiger partial charge on any atom is -0.448 e. The summed E-state index contributed by atoms with van der Waals surface area (Å²) in [5.74, 6) is 0.758. The highest BCUT2D eigenvalue weighted by atomic mass is 35.5. The number of hydrogen-bond donors (Lipinski definition) is 1. The number of oxazole rings is 1. The molecule has 2 fully saturated rings. The fraction of sp³-hybridized carbons (Fsp3) is 0.692. The smallest absolute Gasteiger partial charge is 0.276 e. The molecule has 2 aliphatic rings. The number of nitrogens with zero attached hydrogens (tertiary/aromatic N) is 2. The predicted octanol–water partition coefficient (Wildman–Crippen LogP) is 1.63. The summed E-state index contributed by atoms with van der Waals surface area (Å²) in [6.07, 6.45) is 5.36. The first-order valence-electron chi connectivity index (χ1n) is 6.77. The van der Waals surface area contributed by atoms with Gasteiger partial charge in [-0.2, -0.15) is 0 Å². The van der Waals surface area contributed by atoms with E-state index in [9.17, 15) is 4.79 Å². The second-order valence-electron chi connectivity index (χ2n) is 5.07. The third kappa shape index (κ3) is 2.49. The highest BCUT2D eigenvalue weighted by Crippen LogP contribution is 2.29. The zero-order valence-corrected chi connectivity index (χ0v) is 11.9.